The first-order valence-corrected chi connectivity index (χ1v) is 9.53. The topological polar surface area (TPSA) is 130 Å². The summed E-state index contributed by atoms with van der Waals surface area (Å²) in [7, 11) is 0. The molecule has 2 unspecified atom stereocenters. The van der Waals surface area contributed by atoms with Crippen LogP contribution < -0.4 is 21.8 Å². The number of hydrogen-bond acceptors (Lipinski definition) is 7. The number of nitrogens with two attached hydrogens (primary N) is 2. The third-order valence-electron chi connectivity index (χ3n) is 5.52. The summed E-state index contributed by atoms with van der Waals surface area (Å²) in [5, 5.41) is 14.9. The van der Waals surface area contributed by atoms with Gasteiger partial charge in [0.1, 0.15) is 5.56 Å². The number of hydrogen-bond donors (Lipinski definition) is 4. The Morgan fingerprint density at radius 1 is 1.21 bits per heavy atom. The van der Waals surface area contributed by atoms with E-state index in [1.165, 1.54) is 6.20 Å². The highest BCUT2D eigenvalue weighted by atomic mass is 16.5. The summed E-state index contributed by atoms with van der Waals surface area (Å²) in [6.45, 7) is 5.95. The monoisotopic (exact) mass is 384 g/mol. The smallest absolute Gasteiger partial charge is 0.254 e. The van der Waals surface area contributed by atoms with Crippen LogP contribution in [-0.4, -0.2) is 33.2 Å². The van der Waals surface area contributed by atoms with Crippen LogP contribution in [-0.2, 0) is 0 Å². The van der Waals surface area contributed by atoms with Crippen molar-refractivity contribution in [1.29, 1.82) is 0 Å². The highest BCUT2D eigenvalue weighted by Crippen LogP contribution is 2.29. The van der Waals surface area contributed by atoms with Crippen molar-refractivity contribution >= 4 is 23.4 Å². The van der Waals surface area contributed by atoms with Crippen LogP contribution in [0.3, 0.4) is 0 Å². The van der Waals surface area contributed by atoms with E-state index in [9.17, 15) is 10.0 Å². The summed E-state index contributed by atoms with van der Waals surface area (Å²) >= 11 is 0. The molecule has 1 aromatic heterocycles. The van der Waals surface area contributed by atoms with Gasteiger partial charge < -0.3 is 16.8 Å². The molecule has 0 spiro atoms. The van der Waals surface area contributed by atoms with Gasteiger partial charge in [0.2, 0.25) is 5.95 Å². The van der Waals surface area contributed by atoms with Crippen LogP contribution in [0.4, 0.5) is 17.5 Å². The second-order valence-corrected chi connectivity index (χ2v) is 7.51. The summed E-state index contributed by atoms with van der Waals surface area (Å²) in [6, 6.07) is 3.74. The Hall–Kier alpha value is -2.71. The normalized spacial score (nSPS) is 19.3. The standard InChI is InChI=1S/C20H28N6O2/c1-11-8-14(9-12(2)13(11)3)26(28)19-15(18(22)27)10-23-20(25-19)24-17-7-5-4-6-16(17)21/h8-10,16-17,28H,4-7,21H2,1-3H3,(H2,22,27)(H,23,24,25). The maximum atomic E-state index is 11.9. The summed E-state index contributed by atoms with van der Waals surface area (Å²) in [5.41, 5.74) is 15.4. The van der Waals surface area contributed by atoms with E-state index in [-0.39, 0.29) is 23.5 Å². The van der Waals surface area contributed by atoms with Crippen molar-refractivity contribution in [3.8, 4) is 0 Å². The van der Waals surface area contributed by atoms with E-state index in [1.807, 2.05) is 32.9 Å². The number of anilines is 3. The lowest BCUT2D eigenvalue weighted by Gasteiger charge is -2.29. The van der Waals surface area contributed by atoms with Crippen LogP contribution >= 0.6 is 0 Å². The summed E-state index contributed by atoms with van der Waals surface area (Å²) in [4.78, 5) is 20.4. The Kier molecular flexibility index (Phi) is 5.81. The first-order chi connectivity index (χ1) is 13.3. The van der Waals surface area contributed by atoms with Gasteiger partial charge in [-0.05, 0) is 62.4 Å². The van der Waals surface area contributed by atoms with E-state index < -0.39 is 5.91 Å². The first kappa shape index (κ1) is 20.0. The van der Waals surface area contributed by atoms with E-state index in [2.05, 4.69) is 15.3 Å². The molecule has 8 nitrogen and oxygen atoms in total. The number of rotatable bonds is 5. The van der Waals surface area contributed by atoms with Crippen LogP contribution in [0.15, 0.2) is 18.3 Å². The van der Waals surface area contributed by atoms with E-state index in [0.29, 0.717) is 11.6 Å². The molecule has 1 saturated carbocycles. The molecular formula is C20H28N6O2. The van der Waals surface area contributed by atoms with Crippen molar-refractivity contribution in [2.75, 3.05) is 10.4 Å². The van der Waals surface area contributed by atoms with Gasteiger partial charge in [-0.25, -0.2) is 10.0 Å². The molecule has 2 atom stereocenters. The van der Waals surface area contributed by atoms with Crippen molar-refractivity contribution in [3.63, 3.8) is 0 Å². The molecule has 8 heteroatoms. The summed E-state index contributed by atoms with van der Waals surface area (Å²) in [5.74, 6) is -0.366. The number of nitrogens with one attached hydrogen (secondary N) is 1. The Morgan fingerprint density at radius 3 is 2.46 bits per heavy atom. The van der Waals surface area contributed by atoms with Crippen LogP contribution in [0.2, 0.25) is 0 Å². The van der Waals surface area contributed by atoms with Gasteiger partial charge in [0.15, 0.2) is 5.82 Å². The average Bonchev–Trinajstić information content (AvgIpc) is 2.66. The van der Waals surface area contributed by atoms with Crippen molar-refractivity contribution in [2.45, 2.75) is 58.5 Å². The lowest BCUT2D eigenvalue weighted by atomic mass is 9.91. The molecule has 0 aliphatic heterocycles. The lowest BCUT2D eigenvalue weighted by Crippen LogP contribution is -2.43. The summed E-state index contributed by atoms with van der Waals surface area (Å²) in [6.07, 6.45) is 5.40. The minimum absolute atomic E-state index is 0.0178. The molecule has 28 heavy (non-hydrogen) atoms. The van der Waals surface area contributed by atoms with Crippen molar-refractivity contribution in [1.82, 2.24) is 9.97 Å². The van der Waals surface area contributed by atoms with Gasteiger partial charge >= 0.3 is 0 Å². The second-order valence-electron chi connectivity index (χ2n) is 7.51. The molecule has 6 N–H and O–H groups in total. The fourth-order valence-electron chi connectivity index (χ4n) is 3.54. The number of amides is 1. The average molecular weight is 384 g/mol. The third-order valence-corrected chi connectivity index (χ3v) is 5.52. The fourth-order valence-corrected chi connectivity index (χ4v) is 3.54. The number of aromatic nitrogens is 2. The molecule has 1 aromatic carbocycles. The molecular weight excluding hydrogens is 356 g/mol. The molecule has 2 aromatic rings. The zero-order valence-electron chi connectivity index (χ0n) is 16.6. The summed E-state index contributed by atoms with van der Waals surface area (Å²) < 4.78 is 0. The van der Waals surface area contributed by atoms with Crippen LogP contribution in [0, 0.1) is 20.8 Å². The van der Waals surface area contributed by atoms with Gasteiger partial charge in [0.25, 0.3) is 5.91 Å². The number of primary amides is 1. The number of aryl methyl sites for hydroxylation is 2. The molecule has 0 saturated heterocycles. The van der Waals surface area contributed by atoms with Crippen molar-refractivity contribution in [2.24, 2.45) is 11.5 Å². The predicted octanol–water partition coefficient (Wildman–Crippen LogP) is 2.71. The van der Waals surface area contributed by atoms with Gasteiger partial charge in [-0.2, -0.15) is 4.98 Å². The van der Waals surface area contributed by atoms with Gasteiger partial charge in [-0.15, -0.1) is 0 Å². The molecule has 150 valence electrons. The Labute approximate surface area is 164 Å². The number of carbonyl (C=O) groups is 1. The van der Waals surface area contributed by atoms with Gasteiger partial charge in [0, 0.05) is 18.3 Å². The lowest BCUT2D eigenvalue weighted by molar-refractivity contribution is 0.0999. The quantitative estimate of drug-likeness (QED) is 0.583. The SMILES string of the molecule is Cc1cc(N(O)c2nc(NC3CCCCC3N)ncc2C(N)=O)cc(C)c1C. The predicted molar refractivity (Wildman–Crippen MR) is 109 cm³/mol. The second kappa shape index (κ2) is 8.12. The maximum Gasteiger partial charge on any atom is 0.254 e. The minimum atomic E-state index is -0.712. The maximum absolute atomic E-state index is 11.9. The highest BCUT2D eigenvalue weighted by Gasteiger charge is 2.24. The van der Waals surface area contributed by atoms with Gasteiger partial charge in [-0.3, -0.25) is 10.0 Å². The van der Waals surface area contributed by atoms with Crippen molar-refractivity contribution in [3.05, 3.63) is 40.6 Å². The first-order valence-electron chi connectivity index (χ1n) is 9.53. The van der Waals surface area contributed by atoms with Gasteiger partial charge in [0.05, 0.1) is 5.69 Å². The zero-order valence-corrected chi connectivity index (χ0v) is 16.6. The molecule has 0 bridgehead atoms. The van der Waals surface area contributed by atoms with E-state index in [1.54, 1.807) is 0 Å². The van der Waals surface area contributed by atoms with Crippen LogP contribution in [0.1, 0.15) is 52.7 Å². The number of nitrogens with zero attached hydrogens (tertiary/aromatic N) is 3. The molecule has 0 radical (unpaired) electrons. The third kappa shape index (κ3) is 4.07. The highest BCUT2D eigenvalue weighted by molar-refractivity contribution is 5.98. The van der Waals surface area contributed by atoms with Gasteiger partial charge in [-0.1, -0.05) is 12.8 Å². The number of benzene rings is 1. The van der Waals surface area contributed by atoms with E-state index in [0.717, 1.165) is 47.4 Å². The fraction of sp³-hybridized carbons (Fsp3) is 0.450. The Balaban J connectivity index is 1.96. The molecule has 1 amide bonds. The Morgan fingerprint density at radius 2 is 1.86 bits per heavy atom. The molecule has 1 fully saturated rings. The molecule has 1 aliphatic carbocycles. The molecule has 1 aliphatic rings. The zero-order chi connectivity index (χ0) is 20.4. The van der Waals surface area contributed by atoms with Crippen LogP contribution in [0.5, 0.6) is 0 Å². The minimum Gasteiger partial charge on any atom is -0.365 e. The number of carbonyl (C=O) groups excluding carboxylic acids is 1. The van der Waals surface area contributed by atoms with E-state index in [4.69, 9.17) is 11.5 Å². The van der Waals surface area contributed by atoms with Crippen LogP contribution in [0.25, 0.3) is 0 Å². The molecule has 3 rings (SSSR count). The van der Waals surface area contributed by atoms with E-state index >= 15 is 0 Å². The van der Waals surface area contributed by atoms with Crippen molar-refractivity contribution < 1.29 is 10.0 Å². The largest absolute Gasteiger partial charge is 0.365 e. The Bertz CT molecular complexity index is 862. The molecule has 1 heterocycles.